The Balaban J connectivity index is 2.09. The van der Waals surface area contributed by atoms with Crippen molar-refractivity contribution in [2.45, 2.75) is 38.8 Å². The van der Waals surface area contributed by atoms with Crippen LogP contribution in [0.1, 0.15) is 30.4 Å². The molecule has 14 heavy (non-hydrogen) atoms. The highest BCUT2D eigenvalue weighted by molar-refractivity contribution is 5.28. The van der Waals surface area contributed by atoms with Gasteiger partial charge in [-0.15, -0.1) is 0 Å². The molecule has 0 aromatic carbocycles. The molecule has 76 valence electrons. The second-order valence-electron chi connectivity index (χ2n) is 3.84. The number of pyridine rings is 1. The molecule has 1 aromatic heterocycles. The number of nitrogens with zero attached hydrogens (tertiary/aromatic N) is 1. The van der Waals surface area contributed by atoms with E-state index >= 15 is 0 Å². The summed E-state index contributed by atoms with van der Waals surface area (Å²) in [7, 11) is 0. The average molecular weight is 192 g/mol. The lowest BCUT2D eigenvalue weighted by Crippen LogP contribution is -2.25. The molecule has 0 saturated heterocycles. The van der Waals surface area contributed by atoms with Crippen molar-refractivity contribution in [2.24, 2.45) is 5.73 Å². The molecular weight excluding hydrogens is 176 g/mol. The molecule has 0 aliphatic heterocycles. The third kappa shape index (κ3) is 1.87. The van der Waals surface area contributed by atoms with E-state index in [4.69, 9.17) is 10.5 Å². The molecule has 1 fully saturated rings. The van der Waals surface area contributed by atoms with Gasteiger partial charge in [-0.3, -0.25) is 0 Å². The zero-order valence-corrected chi connectivity index (χ0v) is 8.49. The number of ether oxygens (including phenoxy) is 1. The Morgan fingerprint density at radius 3 is 2.86 bits per heavy atom. The Morgan fingerprint density at radius 1 is 1.57 bits per heavy atom. The van der Waals surface area contributed by atoms with E-state index in [1.165, 1.54) is 19.3 Å². The van der Waals surface area contributed by atoms with Gasteiger partial charge in [-0.05, 0) is 37.8 Å². The fourth-order valence-electron chi connectivity index (χ4n) is 1.50. The molecule has 1 heterocycles. The predicted octanol–water partition coefficient (Wildman–Crippen LogP) is 1.78. The van der Waals surface area contributed by atoms with E-state index in [0.29, 0.717) is 12.6 Å². The predicted molar refractivity (Wildman–Crippen MR) is 55.1 cm³/mol. The Morgan fingerprint density at radius 2 is 2.36 bits per heavy atom. The summed E-state index contributed by atoms with van der Waals surface area (Å²) in [6.07, 6.45) is 5.80. The van der Waals surface area contributed by atoms with Crippen LogP contribution in [0.2, 0.25) is 0 Å². The second-order valence-corrected chi connectivity index (χ2v) is 3.84. The number of nitrogens with two attached hydrogens (primary N) is 1. The number of aryl methyl sites for hydroxylation is 1. The van der Waals surface area contributed by atoms with Gasteiger partial charge in [0, 0.05) is 18.3 Å². The van der Waals surface area contributed by atoms with Gasteiger partial charge in [-0.1, -0.05) is 0 Å². The molecule has 1 aliphatic rings. The minimum absolute atomic E-state index is 0.393. The van der Waals surface area contributed by atoms with Gasteiger partial charge < -0.3 is 10.5 Å². The van der Waals surface area contributed by atoms with Gasteiger partial charge in [0.2, 0.25) is 5.88 Å². The number of hydrogen-bond acceptors (Lipinski definition) is 3. The van der Waals surface area contributed by atoms with Crippen LogP contribution in [0, 0.1) is 6.92 Å². The summed E-state index contributed by atoms with van der Waals surface area (Å²) >= 11 is 0. The molecule has 0 amide bonds. The van der Waals surface area contributed by atoms with Crippen molar-refractivity contribution in [1.29, 1.82) is 0 Å². The third-order valence-corrected chi connectivity index (χ3v) is 2.65. The van der Waals surface area contributed by atoms with E-state index in [0.717, 1.165) is 17.0 Å². The van der Waals surface area contributed by atoms with Crippen molar-refractivity contribution in [3.8, 4) is 5.88 Å². The van der Waals surface area contributed by atoms with Gasteiger partial charge in [-0.2, -0.15) is 0 Å². The fraction of sp³-hybridized carbons (Fsp3) is 0.545. The first-order valence-electron chi connectivity index (χ1n) is 5.12. The molecular formula is C11H16N2O. The zero-order valence-electron chi connectivity index (χ0n) is 8.49. The largest absolute Gasteiger partial charge is 0.474 e. The maximum absolute atomic E-state index is 5.73. The maximum atomic E-state index is 5.73. The topological polar surface area (TPSA) is 48.1 Å². The smallest absolute Gasteiger partial charge is 0.216 e. The Labute approximate surface area is 84.3 Å². The van der Waals surface area contributed by atoms with Gasteiger partial charge in [-0.25, -0.2) is 4.98 Å². The highest BCUT2D eigenvalue weighted by Gasteiger charge is 2.20. The van der Waals surface area contributed by atoms with Crippen LogP contribution in [0.5, 0.6) is 5.88 Å². The first-order valence-corrected chi connectivity index (χ1v) is 5.12. The molecule has 0 atom stereocenters. The van der Waals surface area contributed by atoms with E-state index in [1.54, 1.807) is 6.20 Å². The molecule has 0 bridgehead atoms. The van der Waals surface area contributed by atoms with E-state index in [1.807, 2.05) is 13.0 Å². The van der Waals surface area contributed by atoms with Crippen molar-refractivity contribution < 1.29 is 4.74 Å². The van der Waals surface area contributed by atoms with E-state index in [2.05, 4.69) is 4.98 Å². The van der Waals surface area contributed by atoms with Crippen LogP contribution in [0.25, 0.3) is 0 Å². The summed E-state index contributed by atoms with van der Waals surface area (Å²) in [5, 5.41) is 0. The monoisotopic (exact) mass is 192 g/mol. The normalized spacial score (nSPS) is 16.4. The summed E-state index contributed by atoms with van der Waals surface area (Å²) in [5.41, 5.74) is 7.67. The molecule has 3 nitrogen and oxygen atoms in total. The number of aromatic nitrogens is 1. The lowest BCUT2D eigenvalue weighted by atomic mass is 9.96. The Kier molecular flexibility index (Phi) is 2.68. The Bertz CT molecular complexity index is 321. The lowest BCUT2D eigenvalue weighted by molar-refractivity contribution is 0.113. The Hall–Kier alpha value is -1.09. The van der Waals surface area contributed by atoms with Crippen molar-refractivity contribution in [3.05, 3.63) is 23.4 Å². The second kappa shape index (κ2) is 3.96. The van der Waals surface area contributed by atoms with Crippen molar-refractivity contribution in [2.75, 3.05) is 0 Å². The van der Waals surface area contributed by atoms with Crippen LogP contribution in [-0.4, -0.2) is 11.1 Å². The van der Waals surface area contributed by atoms with E-state index in [9.17, 15) is 0 Å². The van der Waals surface area contributed by atoms with Crippen molar-refractivity contribution in [1.82, 2.24) is 4.98 Å². The van der Waals surface area contributed by atoms with Gasteiger partial charge in [0.25, 0.3) is 0 Å². The molecule has 0 radical (unpaired) electrons. The summed E-state index contributed by atoms with van der Waals surface area (Å²) < 4.78 is 5.73. The SMILES string of the molecule is Cc1cc(CN)cnc1OC1CCC1. The molecule has 1 saturated carbocycles. The highest BCUT2D eigenvalue weighted by atomic mass is 16.5. The third-order valence-electron chi connectivity index (χ3n) is 2.65. The zero-order chi connectivity index (χ0) is 9.97. The van der Waals surface area contributed by atoms with Crippen LogP contribution in [0.3, 0.4) is 0 Å². The van der Waals surface area contributed by atoms with Crippen molar-refractivity contribution in [3.63, 3.8) is 0 Å². The number of hydrogen-bond donors (Lipinski definition) is 1. The fourth-order valence-corrected chi connectivity index (χ4v) is 1.50. The summed E-state index contributed by atoms with van der Waals surface area (Å²) in [5.74, 6) is 0.770. The average Bonchev–Trinajstić information content (AvgIpc) is 2.13. The summed E-state index contributed by atoms with van der Waals surface area (Å²) in [4.78, 5) is 4.27. The minimum Gasteiger partial charge on any atom is -0.474 e. The molecule has 1 aromatic rings. The van der Waals surface area contributed by atoms with Crippen LogP contribution < -0.4 is 10.5 Å². The van der Waals surface area contributed by atoms with E-state index < -0.39 is 0 Å². The quantitative estimate of drug-likeness (QED) is 0.794. The van der Waals surface area contributed by atoms with Gasteiger partial charge >= 0.3 is 0 Å². The van der Waals surface area contributed by atoms with Gasteiger partial charge in [0.15, 0.2) is 0 Å². The molecule has 2 rings (SSSR count). The molecule has 1 aliphatic carbocycles. The van der Waals surface area contributed by atoms with Crippen molar-refractivity contribution >= 4 is 0 Å². The van der Waals surface area contributed by atoms with Crippen LogP contribution in [0.15, 0.2) is 12.3 Å². The first kappa shape index (κ1) is 9.46. The molecule has 0 spiro atoms. The molecule has 3 heteroatoms. The van der Waals surface area contributed by atoms with Gasteiger partial charge in [0.05, 0.1) is 0 Å². The summed E-state index contributed by atoms with van der Waals surface area (Å²) in [6.45, 7) is 2.55. The minimum atomic E-state index is 0.393. The molecule has 2 N–H and O–H groups in total. The standard InChI is InChI=1S/C11H16N2O/c1-8-5-9(6-12)7-13-11(8)14-10-3-2-4-10/h5,7,10H,2-4,6,12H2,1H3. The first-order chi connectivity index (χ1) is 6.79. The van der Waals surface area contributed by atoms with Crippen LogP contribution >= 0.6 is 0 Å². The molecule has 0 unspecified atom stereocenters. The van der Waals surface area contributed by atoms with Crippen LogP contribution in [0.4, 0.5) is 0 Å². The maximum Gasteiger partial charge on any atom is 0.216 e. The number of rotatable bonds is 3. The highest BCUT2D eigenvalue weighted by Crippen LogP contribution is 2.25. The van der Waals surface area contributed by atoms with E-state index in [-0.39, 0.29) is 0 Å². The van der Waals surface area contributed by atoms with Gasteiger partial charge in [0.1, 0.15) is 6.10 Å². The summed E-state index contributed by atoms with van der Waals surface area (Å²) in [6, 6.07) is 2.04. The lowest BCUT2D eigenvalue weighted by Gasteiger charge is -2.26. The van der Waals surface area contributed by atoms with Crippen LogP contribution in [-0.2, 0) is 6.54 Å².